The Bertz CT molecular complexity index is 686. The fourth-order valence-electron chi connectivity index (χ4n) is 2.42. The average Bonchev–Trinajstić information content (AvgIpc) is 2.75. The third-order valence-corrected chi connectivity index (χ3v) is 3.78. The molecule has 23 heavy (non-hydrogen) atoms. The van der Waals surface area contributed by atoms with Crippen LogP contribution in [0.15, 0.2) is 23.2 Å². The second-order valence-electron chi connectivity index (χ2n) is 5.59. The van der Waals surface area contributed by atoms with Gasteiger partial charge in [0.25, 0.3) is 0 Å². The van der Waals surface area contributed by atoms with E-state index in [4.69, 9.17) is 0 Å². The molecule has 0 aromatic carbocycles. The number of rotatable bonds is 5. The summed E-state index contributed by atoms with van der Waals surface area (Å²) in [5.41, 5.74) is 5.39. The molecule has 0 bridgehead atoms. The van der Waals surface area contributed by atoms with E-state index in [0.717, 1.165) is 35.3 Å². The predicted molar refractivity (Wildman–Crippen MR) is 93.3 cm³/mol. The van der Waals surface area contributed by atoms with Gasteiger partial charge in [0.15, 0.2) is 5.96 Å². The van der Waals surface area contributed by atoms with Crippen LogP contribution in [0.1, 0.15) is 35.3 Å². The first-order valence-electron chi connectivity index (χ1n) is 7.95. The third-order valence-electron chi connectivity index (χ3n) is 3.78. The molecule has 2 N–H and O–H groups in total. The first-order chi connectivity index (χ1) is 11.0. The number of nitrogens with one attached hydrogen (secondary N) is 2. The Morgan fingerprint density at radius 3 is 2.61 bits per heavy atom. The molecule has 2 heterocycles. The van der Waals surface area contributed by atoms with Gasteiger partial charge in [0, 0.05) is 30.5 Å². The van der Waals surface area contributed by atoms with Gasteiger partial charge in [-0.2, -0.15) is 5.10 Å². The molecule has 0 saturated heterocycles. The number of aryl methyl sites for hydroxylation is 3. The Morgan fingerprint density at radius 1 is 1.22 bits per heavy atom. The van der Waals surface area contributed by atoms with Crippen molar-refractivity contribution in [1.82, 2.24) is 25.4 Å². The van der Waals surface area contributed by atoms with Crippen molar-refractivity contribution in [3.63, 3.8) is 0 Å². The summed E-state index contributed by atoms with van der Waals surface area (Å²) in [6.07, 6.45) is 0. The van der Waals surface area contributed by atoms with E-state index in [0.29, 0.717) is 13.1 Å². The van der Waals surface area contributed by atoms with Crippen molar-refractivity contribution in [2.45, 2.75) is 40.8 Å². The van der Waals surface area contributed by atoms with Gasteiger partial charge < -0.3 is 10.6 Å². The minimum absolute atomic E-state index is 0.613. The van der Waals surface area contributed by atoms with Gasteiger partial charge in [0.1, 0.15) is 0 Å². The lowest BCUT2D eigenvalue weighted by atomic mass is 10.2. The van der Waals surface area contributed by atoms with Crippen LogP contribution in [-0.2, 0) is 20.1 Å². The molecule has 2 aromatic rings. The number of aromatic nitrogens is 3. The van der Waals surface area contributed by atoms with Gasteiger partial charge in [-0.15, -0.1) is 0 Å². The molecule has 0 unspecified atom stereocenters. The van der Waals surface area contributed by atoms with Crippen molar-refractivity contribution in [2.24, 2.45) is 12.0 Å². The molecular formula is C17H26N6. The molecule has 0 atom stereocenters. The summed E-state index contributed by atoms with van der Waals surface area (Å²) in [5, 5.41) is 11.0. The van der Waals surface area contributed by atoms with Crippen molar-refractivity contribution >= 4 is 5.96 Å². The highest BCUT2D eigenvalue weighted by molar-refractivity contribution is 5.79. The Labute approximate surface area is 138 Å². The first-order valence-corrected chi connectivity index (χ1v) is 7.95. The van der Waals surface area contributed by atoms with E-state index < -0.39 is 0 Å². The van der Waals surface area contributed by atoms with Crippen molar-refractivity contribution in [3.8, 4) is 0 Å². The van der Waals surface area contributed by atoms with Crippen LogP contribution in [0.4, 0.5) is 0 Å². The van der Waals surface area contributed by atoms with E-state index in [-0.39, 0.29) is 0 Å². The predicted octanol–water partition coefficient (Wildman–Crippen LogP) is 2.00. The van der Waals surface area contributed by atoms with E-state index in [1.807, 2.05) is 43.8 Å². The molecule has 6 heteroatoms. The van der Waals surface area contributed by atoms with Gasteiger partial charge in [0.2, 0.25) is 0 Å². The SMILES string of the molecule is CCNC(=NCc1c(C)nn(C)c1C)NCc1cccc(C)n1. The number of hydrogen-bond acceptors (Lipinski definition) is 3. The summed E-state index contributed by atoms with van der Waals surface area (Å²) in [6.45, 7) is 10.2. The Morgan fingerprint density at radius 2 is 2.00 bits per heavy atom. The highest BCUT2D eigenvalue weighted by Crippen LogP contribution is 2.12. The largest absolute Gasteiger partial charge is 0.357 e. The van der Waals surface area contributed by atoms with Crippen molar-refractivity contribution in [2.75, 3.05) is 6.54 Å². The normalized spacial score (nSPS) is 11.6. The summed E-state index contributed by atoms with van der Waals surface area (Å²) in [5.74, 6) is 0.790. The van der Waals surface area contributed by atoms with Crippen LogP contribution in [-0.4, -0.2) is 27.3 Å². The molecule has 0 saturated carbocycles. The standard InChI is InChI=1S/C17H26N6/c1-6-18-17(19-10-15-9-7-8-12(2)21-15)20-11-16-13(3)22-23(5)14(16)4/h7-9H,6,10-11H2,1-5H3,(H2,18,19,20). The molecule has 0 radical (unpaired) electrons. The molecule has 6 nitrogen and oxygen atoms in total. The molecule has 2 aromatic heterocycles. The van der Waals surface area contributed by atoms with Crippen molar-refractivity contribution < 1.29 is 0 Å². The van der Waals surface area contributed by atoms with Crippen molar-refractivity contribution in [3.05, 3.63) is 46.5 Å². The molecule has 0 aliphatic rings. The molecule has 2 rings (SSSR count). The summed E-state index contributed by atoms with van der Waals surface area (Å²) in [7, 11) is 1.96. The lowest BCUT2D eigenvalue weighted by Crippen LogP contribution is -2.37. The number of aliphatic imine (C=N–C) groups is 1. The molecule has 0 fully saturated rings. The fraction of sp³-hybridized carbons (Fsp3) is 0.471. The van der Waals surface area contributed by atoms with E-state index in [1.165, 1.54) is 5.56 Å². The highest BCUT2D eigenvalue weighted by atomic mass is 15.3. The van der Waals surface area contributed by atoms with Gasteiger partial charge in [0.05, 0.1) is 24.5 Å². The summed E-state index contributed by atoms with van der Waals surface area (Å²) >= 11 is 0. The zero-order chi connectivity index (χ0) is 16.8. The zero-order valence-electron chi connectivity index (χ0n) is 14.6. The molecule has 0 aliphatic carbocycles. The fourth-order valence-corrected chi connectivity index (χ4v) is 2.42. The second kappa shape index (κ2) is 7.76. The molecule has 124 valence electrons. The molecular weight excluding hydrogens is 288 g/mol. The Balaban J connectivity index is 2.05. The monoisotopic (exact) mass is 314 g/mol. The minimum Gasteiger partial charge on any atom is -0.357 e. The van der Waals surface area contributed by atoms with E-state index >= 15 is 0 Å². The molecule has 0 spiro atoms. The lowest BCUT2D eigenvalue weighted by molar-refractivity contribution is 0.730. The zero-order valence-corrected chi connectivity index (χ0v) is 14.6. The summed E-state index contributed by atoms with van der Waals surface area (Å²) in [4.78, 5) is 9.17. The summed E-state index contributed by atoms with van der Waals surface area (Å²) in [6, 6.07) is 6.03. The van der Waals surface area contributed by atoms with Gasteiger partial charge in [-0.25, -0.2) is 4.99 Å². The smallest absolute Gasteiger partial charge is 0.191 e. The van der Waals surface area contributed by atoms with Crippen LogP contribution >= 0.6 is 0 Å². The second-order valence-corrected chi connectivity index (χ2v) is 5.59. The maximum absolute atomic E-state index is 4.67. The van der Waals surface area contributed by atoms with E-state index in [9.17, 15) is 0 Å². The topological polar surface area (TPSA) is 67.1 Å². The highest BCUT2D eigenvalue weighted by Gasteiger charge is 2.09. The van der Waals surface area contributed by atoms with Crippen LogP contribution in [0.3, 0.4) is 0 Å². The van der Waals surface area contributed by atoms with Crippen molar-refractivity contribution in [1.29, 1.82) is 0 Å². The maximum Gasteiger partial charge on any atom is 0.191 e. The van der Waals surface area contributed by atoms with E-state index in [1.54, 1.807) is 0 Å². The van der Waals surface area contributed by atoms with Gasteiger partial charge in [-0.05, 0) is 39.8 Å². The van der Waals surface area contributed by atoms with Crippen LogP contribution in [0, 0.1) is 20.8 Å². The van der Waals surface area contributed by atoms with Gasteiger partial charge in [-0.1, -0.05) is 6.07 Å². The number of hydrogen-bond donors (Lipinski definition) is 2. The average molecular weight is 314 g/mol. The van der Waals surface area contributed by atoms with Crippen LogP contribution in [0.25, 0.3) is 0 Å². The Hall–Kier alpha value is -2.37. The minimum atomic E-state index is 0.613. The molecule has 0 aliphatic heterocycles. The lowest BCUT2D eigenvalue weighted by Gasteiger charge is -2.11. The van der Waals surface area contributed by atoms with Gasteiger partial charge >= 0.3 is 0 Å². The van der Waals surface area contributed by atoms with E-state index in [2.05, 4.69) is 39.6 Å². The van der Waals surface area contributed by atoms with Crippen LogP contribution < -0.4 is 10.6 Å². The van der Waals surface area contributed by atoms with Gasteiger partial charge in [-0.3, -0.25) is 9.67 Å². The summed E-state index contributed by atoms with van der Waals surface area (Å²) < 4.78 is 1.90. The third kappa shape index (κ3) is 4.55. The molecule has 0 amide bonds. The van der Waals surface area contributed by atoms with Crippen LogP contribution in [0.2, 0.25) is 0 Å². The maximum atomic E-state index is 4.67. The quantitative estimate of drug-likeness (QED) is 0.654. The van der Waals surface area contributed by atoms with Crippen LogP contribution in [0.5, 0.6) is 0 Å². The number of pyridine rings is 1. The Kier molecular flexibility index (Phi) is 5.73. The number of nitrogens with zero attached hydrogens (tertiary/aromatic N) is 4. The first kappa shape index (κ1) is 17.0. The number of guanidine groups is 1.